The van der Waals surface area contributed by atoms with Crippen molar-refractivity contribution >= 4 is 33.1 Å². The summed E-state index contributed by atoms with van der Waals surface area (Å²) in [6.07, 6.45) is 1.40. The van der Waals surface area contributed by atoms with Gasteiger partial charge in [0.15, 0.2) is 0 Å². The molecule has 0 spiro atoms. The van der Waals surface area contributed by atoms with Crippen LogP contribution in [-0.2, 0) is 11.3 Å². The lowest BCUT2D eigenvalue weighted by atomic mass is 10.3. The standard InChI is InChI=1S/C22H19N3O4S/c1-2-28-16-7-9-18(10-8-16)29-17-5-3-15(4-6-17)24-20(26)13-25-14-23-21-19(22(25)27)11-12-30-21/h3-12,14H,2,13H2,1H3,(H,24,26). The number of anilines is 1. The fourth-order valence-electron chi connectivity index (χ4n) is 2.87. The number of ether oxygens (including phenoxy) is 2. The monoisotopic (exact) mass is 421 g/mol. The Labute approximate surface area is 176 Å². The molecule has 7 nitrogen and oxygen atoms in total. The van der Waals surface area contributed by atoms with Crippen LogP contribution in [0.4, 0.5) is 5.69 Å². The highest BCUT2D eigenvalue weighted by molar-refractivity contribution is 7.16. The average molecular weight is 421 g/mol. The van der Waals surface area contributed by atoms with E-state index in [4.69, 9.17) is 9.47 Å². The summed E-state index contributed by atoms with van der Waals surface area (Å²) in [4.78, 5) is 29.6. The molecule has 0 bridgehead atoms. The van der Waals surface area contributed by atoms with Crippen molar-refractivity contribution in [1.29, 1.82) is 0 Å². The molecule has 0 fully saturated rings. The number of rotatable bonds is 7. The van der Waals surface area contributed by atoms with Crippen molar-refractivity contribution in [3.05, 3.63) is 76.7 Å². The number of carbonyl (C=O) groups excluding carboxylic acids is 1. The van der Waals surface area contributed by atoms with Gasteiger partial charge in [0.1, 0.15) is 28.6 Å². The maximum atomic E-state index is 12.4. The highest BCUT2D eigenvalue weighted by Crippen LogP contribution is 2.25. The van der Waals surface area contributed by atoms with E-state index in [9.17, 15) is 9.59 Å². The minimum Gasteiger partial charge on any atom is -0.494 e. The number of aromatic nitrogens is 2. The molecule has 0 saturated carbocycles. The predicted molar refractivity (Wildman–Crippen MR) is 117 cm³/mol. The Bertz CT molecular complexity index is 1210. The van der Waals surface area contributed by atoms with Crippen molar-refractivity contribution in [3.8, 4) is 17.2 Å². The van der Waals surface area contributed by atoms with E-state index < -0.39 is 0 Å². The van der Waals surface area contributed by atoms with E-state index >= 15 is 0 Å². The van der Waals surface area contributed by atoms with Crippen LogP contribution in [0.2, 0.25) is 0 Å². The molecule has 0 aliphatic rings. The number of amides is 1. The zero-order valence-electron chi connectivity index (χ0n) is 16.2. The van der Waals surface area contributed by atoms with Gasteiger partial charge >= 0.3 is 0 Å². The Balaban J connectivity index is 1.37. The van der Waals surface area contributed by atoms with Crippen LogP contribution in [0.1, 0.15) is 6.92 Å². The molecule has 4 rings (SSSR count). The third-order valence-electron chi connectivity index (χ3n) is 4.27. The molecule has 4 aromatic rings. The zero-order chi connectivity index (χ0) is 20.9. The third-order valence-corrected chi connectivity index (χ3v) is 5.09. The van der Waals surface area contributed by atoms with E-state index in [1.807, 2.05) is 31.2 Å². The Morgan fingerprint density at radius 3 is 2.40 bits per heavy atom. The summed E-state index contributed by atoms with van der Waals surface area (Å²) < 4.78 is 12.5. The SMILES string of the molecule is CCOc1ccc(Oc2ccc(NC(=O)Cn3cnc4sccc4c3=O)cc2)cc1. The molecule has 8 heteroatoms. The number of thiophene rings is 1. The largest absolute Gasteiger partial charge is 0.494 e. The second-order valence-electron chi connectivity index (χ2n) is 6.40. The molecule has 2 aromatic carbocycles. The van der Waals surface area contributed by atoms with Crippen molar-refractivity contribution in [2.45, 2.75) is 13.5 Å². The second kappa shape index (κ2) is 8.79. The van der Waals surface area contributed by atoms with Crippen molar-refractivity contribution in [2.24, 2.45) is 0 Å². The second-order valence-corrected chi connectivity index (χ2v) is 7.29. The first-order valence-corrected chi connectivity index (χ1v) is 10.2. The van der Waals surface area contributed by atoms with Gasteiger partial charge in [-0.15, -0.1) is 11.3 Å². The van der Waals surface area contributed by atoms with Crippen molar-refractivity contribution in [1.82, 2.24) is 9.55 Å². The van der Waals surface area contributed by atoms with Crippen molar-refractivity contribution in [3.63, 3.8) is 0 Å². The summed E-state index contributed by atoms with van der Waals surface area (Å²) in [6.45, 7) is 2.44. The number of nitrogens with one attached hydrogen (secondary N) is 1. The highest BCUT2D eigenvalue weighted by Gasteiger charge is 2.09. The van der Waals surface area contributed by atoms with E-state index in [0.29, 0.717) is 34.0 Å². The summed E-state index contributed by atoms with van der Waals surface area (Å²) in [5.41, 5.74) is 0.382. The van der Waals surface area contributed by atoms with Crippen LogP contribution in [0.15, 0.2) is 71.1 Å². The van der Waals surface area contributed by atoms with E-state index in [-0.39, 0.29) is 18.0 Å². The Hall–Kier alpha value is -3.65. The first-order chi connectivity index (χ1) is 14.6. The number of hydrogen-bond donors (Lipinski definition) is 1. The number of benzene rings is 2. The molecule has 30 heavy (non-hydrogen) atoms. The van der Waals surface area contributed by atoms with Crippen LogP contribution in [0.25, 0.3) is 10.2 Å². The van der Waals surface area contributed by atoms with Gasteiger partial charge in [0.2, 0.25) is 5.91 Å². The number of hydrogen-bond acceptors (Lipinski definition) is 6. The zero-order valence-corrected chi connectivity index (χ0v) is 17.0. The minimum atomic E-state index is -0.311. The molecular formula is C22H19N3O4S. The first-order valence-electron chi connectivity index (χ1n) is 9.35. The quantitative estimate of drug-likeness (QED) is 0.481. The number of fused-ring (bicyclic) bond motifs is 1. The Morgan fingerprint density at radius 2 is 1.70 bits per heavy atom. The topological polar surface area (TPSA) is 82.4 Å². The smallest absolute Gasteiger partial charge is 0.262 e. The molecule has 1 amide bonds. The molecule has 2 aromatic heterocycles. The number of carbonyl (C=O) groups is 1. The molecule has 0 aliphatic heterocycles. The molecular weight excluding hydrogens is 402 g/mol. The van der Waals surface area contributed by atoms with E-state index in [0.717, 1.165) is 5.75 Å². The Morgan fingerprint density at radius 1 is 1.03 bits per heavy atom. The van der Waals surface area contributed by atoms with Gasteiger partial charge in [0, 0.05) is 5.69 Å². The minimum absolute atomic E-state index is 0.109. The molecule has 1 N–H and O–H groups in total. The lowest BCUT2D eigenvalue weighted by molar-refractivity contribution is -0.116. The molecule has 2 heterocycles. The van der Waals surface area contributed by atoms with Gasteiger partial charge < -0.3 is 14.8 Å². The molecule has 0 atom stereocenters. The Kier molecular flexibility index (Phi) is 5.76. The lowest BCUT2D eigenvalue weighted by Crippen LogP contribution is -2.27. The van der Waals surface area contributed by atoms with Crippen molar-refractivity contribution < 1.29 is 14.3 Å². The third kappa shape index (κ3) is 4.49. The fraction of sp³-hybridized carbons (Fsp3) is 0.136. The summed E-state index contributed by atoms with van der Waals surface area (Å²) in [6, 6.07) is 16.1. The van der Waals surface area contributed by atoms with Crippen LogP contribution in [-0.4, -0.2) is 22.1 Å². The summed E-state index contributed by atoms with van der Waals surface area (Å²) in [5.74, 6) is 1.80. The maximum Gasteiger partial charge on any atom is 0.262 e. The molecule has 0 radical (unpaired) electrons. The van der Waals surface area contributed by atoms with Crippen molar-refractivity contribution in [2.75, 3.05) is 11.9 Å². The number of nitrogens with zero attached hydrogens (tertiary/aromatic N) is 2. The van der Waals surface area contributed by atoms with Crippen LogP contribution in [0.3, 0.4) is 0 Å². The van der Waals surface area contributed by atoms with Gasteiger partial charge in [-0.1, -0.05) is 0 Å². The first kappa shape index (κ1) is 19.7. The molecule has 0 aliphatic carbocycles. The molecule has 152 valence electrons. The van der Waals surface area contributed by atoms with Gasteiger partial charge in [-0.25, -0.2) is 4.98 Å². The van der Waals surface area contributed by atoms with Gasteiger partial charge in [0.25, 0.3) is 5.56 Å². The average Bonchev–Trinajstić information content (AvgIpc) is 3.23. The summed E-state index contributed by atoms with van der Waals surface area (Å²) in [7, 11) is 0. The molecule has 0 unspecified atom stereocenters. The lowest BCUT2D eigenvalue weighted by Gasteiger charge is -2.10. The maximum absolute atomic E-state index is 12.4. The summed E-state index contributed by atoms with van der Waals surface area (Å²) in [5, 5.41) is 5.10. The van der Waals surface area contributed by atoms with Crippen LogP contribution in [0.5, 0.6) is 17.2 Å². The summed E-state index contributed by atoms with van der Waals surface area (Å²) >= 11 is 1.39. The van der Waals surface area contributed by atoms with Crippen LogP contribution >= 0.6 is 11.3 Å². The van der Waals surface area contributed by atoms with Crippen LogP contribution in [0, 0.1) is 0 Å². The van der Waals surface area contributed by atoms with Crippen LogP contribution < -0.4 is 20.3 Å². The van der Waals surface area contributed by atoms with Gasteiger partial charge in [0.05, 0.1) is 18.3 Å². The van der Waals surface area contributed by atoms with E-state index in [1.165, 1.54) is 22.2 Å². The van der Waals surface area contributed by atoms with Gasteiger partial charge in [-0.2, -0.15) is 0 Å². The van der Waals surface area contributed by atoms with Gasteiger partial charge in [-0.3, -0.25) is 14.2 Å². The normalized spacial score (nSPS) is 10.7. The fourth-order valence-corrected chi connectivity index (χ4v) is 3.60. The van der Waals surface area contributed by atoms with E-state index in [2.05, 4.69) is 10.3 Å². The van der Waals surface area contributed by atoms with E-state index in [1.54, 1.807) is 35.7 Å². The molecule has 0 saturated heterocycles. The predicted octanol–water partition coefficient (Wildman–Crippen LogP) is 4.29. The van der Waals surface area contributed by atoms with Gasteiger partial charge in [-0.05, 0) is 66.9 Å². The highest BCUT2D eigenvalue weighted by atomic mass is 32.1.